The standard InChI is InChI=1S/C13H20N2S2/c1-9-3-5-11(6-4-9)12(15-14)13-10(2)16-7-8-17-13/h3-6,10,12-13,15H,7-8,14H2,1-2H3. The monoisotopic (exact) mass is 268 g/mol. The van der Waals surface area contributed by atoms with Crippen LogP contribution in [-0.2, 0) is 0 Å². The van der Waals surface area contributed by atoms with Gasteiger partial charge in [-0.1, -0.05) is 36.8 Å². The van der Waals surface area contributed by atoms with Crippen molar-refractivity contribution in [3.8, 4) is 0 Å². The van der Waals surface area contributed by atoms with E-state index >= 15 is 0 Å². The lowest BCUT2D eigenvalue weighted by Gasteiger charge is -2.34. The summed E-state index contributed by atoms with van der Waals surface area (Å²) < 4.78 is 0. The van der Waals surface area contributed by atoms with Gasteiger partial charge in [-0.2, -0.15) is 23.5 Å². The van der Waals surface area contributed by atoms with Crippen LogP contribution >= 0.6 is 23.5 Å². The summed E-state index contributed by atoms with van der Waals surface area (Å²) in [6, 6.07) is 8.94. The highest BCUT2D eigenvalue weighted by Crippen LogP contribution is 2.38. The highest BCUT2D eigenvalue weighted by molar-refractivity contribution is 8.07. The Labute approximate surface area is 112 Å². The van der Waals surface area contributed by atoms with Gasteiger partial charge in [0.2, 0.25) is 0 Å². The van der Waals surface area contributed by atoms with Crippen molar-refractivity contribution in [2.45, 2.75) is 30.4 Å². The Hall–Kier alpha value is -0.160. The number of aryl methyl sites for hydroxylation is 1. The van der Waals surface area contributed by atoms with Crippen molar-refractivity contribution in [3.05, 3.63) is 35.4 Å². The average molecular weight is 268 g/mol. The molecule has 3 N–H and O–H groups in total. The molecule has 0 radical (unpaired) electrons. The number of thioether (sulfide) groups is 2. The molecule has 17 heavy (non-hydrogen) atoms. The van der Waals surface area contributed by atoms with Crippen LogP contribution < -0.4 is 11.3 Å². The maximum Gasteiger partial charge on any atom is 0.0589 e. The second-order valence-corrected chi connectivity index (χ2v) is 7.24. The summed E-state index contributed by atoms with van der Waals surface area (Å²) in [7, 11) is 0. The minimum atomic E-state index is 0.253. The number of benzene rings is 1. The summed E-state index contributed by atoms with van der Waals surface area (Å²) >= 11 is 4.09. The van der Waals surface area contributed by atoms with Gasteiger partial charge in [0.25, 0.3) is 0 Å². The summed E-state index contributed by atoms with van der Waals surface area (Å²) in [6.07, 6.45) is 0. The van der Waals surface area contributed by atoms with E-state index in [0.717, 1.165) is 0 Å². The molecule has 1 aromatic rings. The molecule has 0 amide bonds. The Kier molecular flexibility index (Phi) is 4.79. The first-order valence-electron chi connectivity index (χ1n) is 5.98. The second kappa shape index (κ2) is 6.14. The molecule has 4 heteroatoms. The fraction of sp³-hybridized carbons (Fsp3) is 0.538. The highest BCUT2D eigenvalue weighted by Gasteiger charge is 2.30. The second-order valence-electron chi connectivity index (χ2n) is 4.47. The maximum atomic E-state index is 5.76. The van der Waals surface area contributed by atoms with E-state index in [1.807, 2.05) is 11.8 Å². The average Bonchev–Trinajstić information content (AvgIpc) is 2.35. The lowest BCUT2D eigenvalue weighted by atomic mass is 10.0. The molecule has 3 atom stereocenters. The van der Waals surface area contributed by atoms with E-state index in [-0.39, 0.29) is 6.04 Å². The topological polar surface area (TPSA) is 38.0 Å². The van der Waals surface area contributed by atoms with Crippen LogP contribution in [0.25, 0.3) is 0 Å². The summed E-state index contributed by atoms with van der Waals surface area (Å²) in [5, 5.41) is 1.21. The van der Waals surface area contributed by atoms with Crippen LogP contribution in [0.15, 0.2) is 24.3 Å². The molecule has 0 aromatic heterocycles. The fourth-order valence-electron chi connectivity index (χ4n) is 2.17. The highest BCUT2D eigenvalue weighted by atomic mass is 32.2. The molecule has 94 valence electrons. The molecule has 3 unspecified atom stereocenters. The Morgan fingerprint density at radius 1 is 1.24 bits per heavy atom. The summed E-state index contributed by atoms with van der Waals surface area (Å²) in [4.78, 5) is 0. The molecule has 2 rings (SSSR count). The summed E-state index contributed by atoms with van der Waals surface area (Å²) in [5.41, 5.74) is 5.59. The maximum absolute atomic E-state index is 5.76. The third-order valence-electron chi connectivity index (χ3n) is 3.18. The minimum absolute atomic E-state index is 0.253. The Morgan fingerprint density at radius 3 is 2.47 bits per heavy atom. The molecule has 0 bridgehead atoms. The van der Waals surface area contributed by atoms with E-state index in [4.69, 9.17) is 5.84 Å². The van der Waals surface area contributed by atoms with Crippen molar-refractivity contribution in [2.24, 2.45) is 5.84 Å². The van der Waals surface area contributed by atoms with Gasteiger partial charge in [-0.05, 0) is 12.5 Å². The van der Waals surface area contributed by atoms with Crippen molar-refractivity contribution in [2.75, 3.05) is 11.5 Å². The molecule has 1 aliphatic heterocycles. The number of nitrogens with one attached hydrogen (secondary N) is 1. The van der Waals surface area contributed by atoms with Gasteiger partial charge in [-0.25, -0.2) is 0 Å². The van der Waals surface area contributed by atoms with E-state index in [9.17, 15) is 0 Å². The predicted octanol–water partition coefficient (Wildman–Crippen LogP) is 2.74. The van der Waals surface area contributed by atoms with Gasteiger partial charge in [0.15, 0.2) is 0 Å². The Bertz CT molecular complexity index is 353. The molecule has 1 heterocycles. The molecule has 2 nitrogen and oxygen atoms in total. The molecule has 1 saturated heterocycles. The van der Waals surface area contributed by atoms with E-state index < -0.39 is 0 Å². The SMILES string of the molecule is Cc1ccc(C(NN)C2SCCSC2C)cc1. The zero-order chi connectivity index (χ0) is 12.3. The zero-order valence-corrected chi connectivity index (χ0v) is 12.0. The minimum Gasteiger partial charge on any atom is -0.271 e. The number of rotatable bonds is 3. The lowest BCUT2D eigenvalue weighted by Crippen LogP contribution is -2.40. The smallest absolute Gasteiger partial charge is 0.0589 e. The van der Waals surface area contributed by atoms with Crippen LogP contribution in [-0.4, -0.2) is 22.0 Å². The van der Waals surface area contributed by atoms with Crippen molar-refractivity contribution < 1.29 is 0 Å². The lowest BCUT2D eigenvalue weighted by molar-refractivity contribution is 0.527. The van der Waals surface area contributed by atoms with Gasteiger partial charge in [0.1, 0.15) is 0 Å². The number of hydrogen-bond donors (Lipinski definition) is 2. The van der Waals surface area contributed by atoms with Crippen molar-refractivity contribution in [1.82, 2.24) is 5.43 Å². The molecule has 1 aliphatic rings. The van der Waals surface area contributed by atoms with Gasteiger partial charge >= 0.3 is 0 Å². The number of nitrogens with two attached hydrogens (primary N) is 1. The molecule has 1 fully saturated rings. The summed E-state index contributed by atoms with van der Waals surface area (Å²) in [5.74, 6) is 8.25. The van der Waals surface area contributed by atoms with Gasteiger partial charge < -0.3 is 0 Å². The van der Waals surface area contributed by atoms with E-state index in [2.05, 4.69) is 55.3 Å². The summed E-state index contributed by atoms with van der Waals surface area (Å²) in [6.45, 7) is 4.42. The van der Waals surface area contributed by atoms with Crippen LogP contribution in [0, 0.1) is 6.92 Å². The molecular weight excluding hydrogens is 248 g/mol. The van der Waals surface area contributed by atoms with Crippen molar-refractivity contribution in [3.63, 3.8) is 0 Å². The first-order valence-corrected chi connectivity index (χ1v) is 8.08. The normalized spacial score (nSPS) is 26.8. The van der Waals surface area contributed by atoms with Crippen molar-refractivity contribution in [1.29, 1.82) is 0 Å². The Balaban J connectivity index is 2.17. The predicted molar refractivity (Wildman–Crippen MR) is 79.4 cm³/mol. The Morgan fingerprint density at radius 2 is 1.88 bits per heavy atom. The van der Waals surface area contributed by atoms with Gasteiger partial charge in [-0.3, -0.25) is 11.3 Å². The first-order chi connectivity index (χ1) is 8.22. The first kappa shape index (κ1) is 13.3. The molecular formula is C13H20N2S2. The van der Waals surface area contributed by atoms with Crippen LogP contribution in [0.4, 0.5) is 0 Å². The van der Waals surface area contributed by atoms with Crippen molar-refractivity contribution >= 4 is 23.5 Å². The van der Waals surface area contributed by atoms with Crippen LogP contribution in [0.5, 0.6) is 0 Å². The molecule has 0 aliphatic carbocycles. The van der Waals surface area contributed by atoms with Gasteiger partial charge in [0, 0.05) is 22.0 Å². The third-order valence-corrected chi connectivity index (χ3v) is 6.38. The van der Waals surface area contributed by atoms with Crippen LogP contribution in [0.2, 0.25) is 0 Å². The van der Waals surface area contributed by atoms with Gasteiger partial charge in [0.05, 0.1) is 6.04 Å². The van der Waals surface area contributed by atoms with Gasteiger partial charge in [-0.15, -0.1) is 0 Å². The molecule has 0 spiro atoms. The zero-order valence-electron chi connectivity index (χ0n) is 10.3. The largest absolute Gasteiger partial charge is 0.271 e. The van der Waals surface area contributed by atoms with Crippen LogP contribution in [0.1, 0.15) is 24.1 Å². The van der Waals surface area contributed by atoms with E-state index in [0.29, 0.717) is 10.5 Å². The van der Waals surface area contributed by atoms with E-state index in [1.165, 1.54) is 22.6 Å². The number of hydrogen-bond acceptors (Lipinski definition) is 4. The van der Waals surface area contributed by atoms with Crippen LogP contribution in [0.3, 0.4) is 0 Å². The third kappa shape index (κ3) is 3.19. The quantitative estimate of drug-likeness (QED) is 0.653. The molecule has 1 aromatic carbocycles. The van der Waals surface area contributed by atoms with E-state index in [1.54, 1.807) is 0 Å². The molecule has 0 saturated carbocycles. The number of hydrazine groups is 1. The fourth-order valence-corrected chi connectivity index (χ4v) is 5.10.